The number of aliphatic hydroxyl groups is 1. The van der Waals surface area contributed by atoms with E-state index in [0.29, 0.717) is 25.4 Å². The van der Waals surface area contributed by atoms with Crippen LogP contribution in [0.15, 0.2) is 29.8 Å². The maximum Gasteiger partial charge on any atom is 0.246 e. The summed E-state index contributed by atoms with van der Waals surface area (Å²) >= 11 is 1.58. The smallest absolute Gasteiger partial charge is 0.246 e. The molecule has 14 nitrogen and oxygen atoms in total. The maximum absolute atomic E-state index is 14.0. The highest BCUT2D eigenvalue weighted by Crippen LogP contribution is 2.60. The Morgan fingerprint density at radius 2 is 1.82 bits per heavy atom. The monoisotopic (exact) mass is 852 g/mol. The second-order valence-electron chi connectivity index (χ2n) is 19.1. The van der Waals surface area contributed by atoms with Crippen LogP contribution >= 0.6 is 11.3 Å². The fourth-order valence-corrected chi connectivity index (χ4v) is 11.0. The number of rotatable bonds is 15. The van der Waals surface area contributed by atoms with Crippen LogP contribution in [0.3, 0.4) is 0 Å². The number of likely N-dealkylation sites (tertiary alicyclic amines) is 1. The zero-order valence-corrected chi connectivity index (χ0v) is 37.0. The minimum Gasteiger partial charge on any atom is -0.391 e. The largest absolute Gasteiger partial charge is 0.391 e. The van der Waals surface area contributed by atoms with Crippen molar-refractivity contribution in [2.45, 2.75) is 155 Å². The molecule has 2 bridgehead atoms. The highest BCUT2D eigenvalue weighted by atomic mass is 32.1. The van der Waals surface area contributed by atoms with Gasteiger partial charge in [0.05, 0.1) is 34.9 Å². The molecule has 11 atom stereocenters. The van der Waals surface area contributed by atoms with Crippen LogP contribution in [-0.2, 0) is 49.7 Å². The van der Waals surface area contributed by atoms with Crippen LogP contribution in [0, 0.1) is 36.0 Å². The molecule has 6 fully saturated rings. The summed E-state index contributed by atoms with van der Waals surface area (Å²) in [6, 6.07) is 6.07. The first kappa shape index (κ1) is 44.7. The van der Waals surface area contributed by atoms with Gasteiger partial charge >= 0.3 is 0 Å². The van der Waals surface area contributed by atoms with Gasteiger partial charge in [0.2, 0.25) is 23.5 Å². The summed E-state index contributed by atoms with van der Waals surface area (Å²) in [5, 5.41) is 16.4. The number of ketones is 1. The topological polar surface area (TPSA) is 175 Å². The standard InChI is InChI=1S/C45H64N4O10S/c1-26-10-15-34-27(2)36(56-42-45(34)33(26)16-18-44(7,57-42)58-59-45)22-31(50)9-8-19-55-20-17-37(52)48-39(43(4,5)6)41(54)49-24-32(51)21-35(49)40(53)46-23-29-11-13-30(14-12-29)38-28(3)47-25-60-38/h11-14,25-27,32-36,39,42,51H,8-10,15-24H2,1-7H3,(H,46,53)(H,48,52). The molecule has 3 N–H and O–H groups in total. The quantitative estimate of drug-likeness (QED) is 0.150. The molecule has 0 radical (unpaired) electrons. The van der Waals surface area contributed by atoms with Crippen molar-refractivity contribution in [3.05, 3.63) is 41.0 Å². The first-order valence-electron chi connectivity index (χ1n) is 21.8. The van der Waals surface area contributed by atoms with Crippen LogP contribution < -0.4 is 10.6 Å². The van der Waals surface area contributed by atoms with Crippen molar-refractivity contribution in [3.63, 3.8) is 0 Å². The van der Waals surface area contributed by atoms with Gasteiger partial charge in [0.1, 0.15) is 17.9 Å². The lowest BCUT2D eigenvalue weighted by molar-refractivity contribution is -0.570. The molecule has 60 heavy (non-hydrogen) atoms. The normalized spacial score (nSPS) is 32.8. The second-order valence-corrected chi connectivity index (χ2v) is 20.0. The van der Waals surface area contributed by atoms with E-state index in [2.05, 4.69) is 29.5 Å². The number of carbonyl (C=O) groups excluding carboxylic acids is 4. The van der Waals surface area contributed by atoms with E-state index >= 15 is 0 Å². The van der Waals surface area contributed by atoms with Crippen LogP contribution in [0.4, 0.5) is 0 Å². The van der Waals surface area contributed by atoms with Gasteiger partial charge in [-0.1, -0.05) is 58.9 Å². The number of aryl methyl sites for hydroxylation is 1. The number of fused-ring (bicyclic) bond motifs is 2. The van der Waals surface area contributed by atoms with Crippen LogP contribution in [0.5, 0.6) is 0 Å². The molecule has 2 aromatic rings. The van der Waals surface area contributed by atoms with Gasteiger partial charge in [-0.3, -0.25) is 19.2 Å². The fraction of sp³-hybridized carbons (Fsp3) is 0.711. The Hall–Kier alpha value is -3.31. The molecular formula is C45H64N4O10S. The number of amides is 3. The predicted molar refractivity (Wildman–Crippen MR) is 223 cm³/mol. The Balaban J connectivity index is 0.841. The van der Waals surface area contributed by atoms with Gasteiger partial charge < -0.3 is 34.9 Å². The third kappa shape index (κ3) is 9.37. The number of benzene rings is 1. The van der Waals surface area contributed by atoms with Crippen molar-refractivity contribution in [1.29, 1.82) is 0 Å². The third-order valence-electron chi connectivity index (χ3n) is 13.7. The molecule has 3 amide bonds. The molecule has 1 saturated carbocycles. The number of β-amino-alcohol motifs (C(OH)–C–C–N with tert-alkyl or cyclic N) is 1. The Morgan fingerprint density at radius 3 is 2.53 bits per heavy atom. The van der Waals surface area contributed by atoms with Gasteiger partial charge in [-0.15, -0.1) is 11.3 Å². The fourth-order valence-electron chi connectivity index (χ4n) is 10.2. The average molecular weight is 853 g/mol. The lowest BCUT2D eigenvalue weighted by atomic mass is 9.57. The molecule has 1 aromatic carbocycles. The Bertz CT molecular complexity index is 1870. The molecule has 11 unspecified atom stereocenters. The number of thiazole rings is 1. The number of nitrogens with zero attached hydrogens (tertiary/aromatic N) is 2. The van der Waals surface area contributed by atoms with E-state index in [1.165, 1.54) is 4.90 Å². The number of Topliss-reactive ketones (excluding diaryl/α,β-unsaturated/α-hetero) is 1. The van der Waals surface area contributed by atoms with Gasteiger partial charge in [-0.2, -0.15) is 0 Å². The van der Waals surface area contributed by atoms with Crippen LogP contribution in [0.25, 0.3) is 10.4 Å². The number of ether oxygens (including phenoxy) is 3. The number of hydrogen-bond donors (Lipinski definition) is 3. The zero-order chi connectivity index (χ0) is 43.0. The van der Waals surface area contributed by atoms with Crippen molar-refractivity contribution in [3.8, 4) is 10.4 Å². The molecule has 1 aliphatic carbocycles. The van der Waals surface area contributed by atoms with Crippen molar-refractivity contribution in [2.75, 3.05) is 19.8 Å². The van der Waals surface area contributed by atoms with E-state index in [9.17, 15) is 24.3 Å². The number of carbonyl (C=O) groups is 4. The molecule has 5 aliphatic heterocycles. The summed E-state index contributed by atoms with van der Waals surface area (Å²) in [5.41, 5.74) is 3.40. The van der Waals surface area contributed by atoms with E-state index in [-0.39, 0.29) is 80.4 Å². The van der Waals surface area contributed by atoms with E-state index < -0.39 is 47.2 Å². The molecule has 6 aliphatic rings. The van der Waals surface area contributed by atoms with Crippen molar-refractivity contribution in [1.82, 2.24) is 20.5 Å². The molecule has 5 saturated heterocycles. The van der Waals surface area contributed by atoms with E-state index in [4.69, 9.17) is 24.0 Å². The second kappa shape index (κ2) is 18.2. The number of aromatic nitrogens is 1. The molecule has 8 rings (SSSR count). The van der Waals surface area contributed by atoms with Gasteiger partial charge in [0.25, 0.3) is 0 Å². The first-order chi connectivity index (χ1) is 28.5. The summed E-state index contributed by atoms with van der Waals surface area (Å²) in [7, 11) is 0. The predicted octanol–water partition coefficient (Wildman–Crippen LogP) is 5.62. The summed E-state index contributed by atoms with van der Waals surface area (Å²) in [4.78, 5) is 72.8. The lowest BCUT2D eigenvalue weighted by Gasteiger charge is -2.60. The van der Waals surface area contributed by atoms with Gasteiger partial charge in [0.15, 0.2) is 11.9 Å². The van der Waals surface area contributed by atoms with Crippen molar-refractivity contribution < 1.29 is 48.3 Å². The zero-order valence-electron chi connectivity index (χ0n) is 36.2. The minimum absolute atomic E-state index is 0.00580. The average Bonchev–Trinajstić information content (AvgIpc) is 3.74. The first-order valence-corrected chi connectivity index (χ1v) is 22.7. The molecule has 15 heteroatoms. The summed E-state index contributed by atoms with van der Waals surface area (Å²) in [6.07, 6.45) is 3.30. The van der Waals surface area contributed by atoms with Crippen molar-refractivity contribution in [2.24, 2.45) is 29.1 Å². The van der Waals surface area contributed by atoms with Crippen molar-refractivity contribution >= 4 is 34.8 Å². The summed E-state index contributed by atoms with van der Waals surface area (Å²) < 4.78 is 18.8. The third-order valence-corrected chi connectivity index (χ3v) is 14.6. The number of nitrogens with one attached hydrogen (secondary N) is 2. The molecule has 6 heterocycles. The Labute approximate surface area is 357 Å². The number of aliphatic hydroxyl groups excluding tert-OH is 1. The highest BCUT2D eigenvalue weighted by molar-refractivity contribution is 7.13. The van der Waals surface area contributed by atoms with Gasteiger partial charge in [0, 0.05) is 57.7 Å². The lowest BCUT2D eigenvalue weighted by Crippen LogP contribution is -2.70. The molecule has 1 spiro atoms. The van der Waals surface area contributed by atoms with E-state index in [1.54, 1.807) is 11.3 Å². The molecule has 1 aromatic heterocycles. The Morgan fingerprint density at radius 1 is 1.05 bits per heavy atom. The van der Waals surface area contributed by atoms with E-state index in [1.807, 2.05) is 64.4 Å². The van der Waals surface area contributed by atoms with Crippen LogP contribution in [0.2, 0.25) is 0 Å². The minimum atomic E-state index is -0.936. The SMILES string of the molecule is Cc1ncsc1-c1ccc(CNC(=O)C2CC(O)CN2C(=O)C(NC(=O)CCOCCCC(=O)CC2OC3OC4(C)CCC5C(C)CCC(C2C)C35OO4)C(C)(C)C)cc1. The number of hydrogen-bond acceptors (Lipinski definition) is 12. The van der Waals surface area contributed by atoms with E-state index in [0.717, 1.165) is 47.4 Å². The van der Waals surface area contributed by atoms with Gasteiger partial charge in [-0.25, -0.2) is 14.8 Å². The Kier molecular flexibility index (Phi) is 13.6. The summed E-state index contributed by atoms with van der Waals surface area (Å²) in [6.45, 7) is 14.5. The highest BCUT2D eigenvalue weighted by Gasteiger charge is 2.69. The molecule has 330 valence electrons. The summed E-state index contributed by atoms with van der Waals surface area (Å²) in [5.74, 6) is -0.911. The van der Waals surface area contributed by atoms with Crippen LogP contribution in [-0.4, -0.2) is 100 Å². The molecular weight excluding hydrogens is 789 g/mol. The maximum atomic E-state index is 14.0. The van der Waals surface area contributed by atoms with Gasteiger partial charge in [-0.05, 0) is 73.8 Å². The van der Waals surface area contributed by atoms with Crippen LogP contribution in [0.1, 0.15) is 111 Å².